The molecule has 8 N–H and O–H groups in total. The maximum atomic E-state index is 11.4. The number of ether oxygens (including phenoxy) is 8. The van der Waals surface area contributed by atoms with Crippen molar-refractivity contribution in [3.63, 3.8) is 0 Å². The molecule has 21 heteroatoms. The first-order valence-electron chi connectivity index (χ1n) is 48.7. The number of aliphatic hydroxyl groups excluding tert-OH is 5. The molecule has 7 heterocycles. The number of alkyl halides is 2. The number of benzene rings is 9. The Morgan fingerprint density at radius 1 is 0.376 bits per heavy atom. The molecule has 0 bridgehead atoms. The number of esters is 1. The monoisotopic (exact) mass is 1860 g/mol. The van der Waals surface area contributed by atoms with Crippen LogP contribution in [0, 0.1) is 5.92 Å². The Bertz CT molecular complexity index is 4710. The van der Waals surface area contributed by atoms with Crippen LogP contribution in [0.25, 0.3) is 6.15 Å². The number of aliphatic hydroxyl groups is 5. The van der Waals surface area contributed by atoms with Gasteiger partial charge in [-0.2, -0.15) is 0 Å². The van der Waals surface area contributed by atoms with Crippen LogP contribution in [0.1, 0.15) is 198 Å². The molecule has 0 aromatic heterocycles. The van der Waals surface area contributed by atoms with Gasteiger partial charge in [0, 0.05) is 47.3 Å². The summed E-state index contributed by atoms with van der Waals surface area (Å²) in [6, 6.07) is 82.2. The van der Waals surface area contributed by atoms with Gasteiger partial charge in [0.25, 0.3) is 0 Å². The van der Waals surface area contributed by atoms with Crippen molar-refractivity contribution in [2.75, 3.05) is 40.8 Å². The zero-order valence-corrected chi connectivity index (χ0v) is 81.5. The van der Waals surface area contributed by atoms with Crippen LogP contribution in [0.15, 0.2) is 261 Å². The van der Waals surface area contributed by atoms with Crippen molar-refractivity contribution in [1.29, 1.82) is 0 Å². The molecule has 133 heavy (non-hydrogen) atoms. The molecule has 7 aliphatic heterocycles. The third-order valence-electron chi connectivity index (χ3n) is 27.2. The molecular formula is C112H141Cl2N4NaO14. The van der Waals surface area contributed by atoms with Crippen molar-refractivity contribution >= 4 is 63.3 Å². The minimum absolute atomic E-state index is 0. The largest absolute Gasteiger partial charge is 1.00 e. The molecular weight excluding hydrogens is 1720 g/mol. The van der Waals surface area contributed by atoms with Crippen molar-refractivity contribution in [3.8, 4) is 0 Å². The first kappa shape index (κ1) is 104. The van der Waals surface area contributed by atoms with Gasteiger partial charge in [-0.1, -0.05) is 224 Å². The van der Waals surface area contributed by atoms with E-state index in [2.05, 4.69) is 226 Å². The Hall–Kier alpha value is -7.61. The number of carbonyl (C=O) groups excluding carboxylic acids is 1. The van der Waals surface area contributed by atoms with E-state index >= 15 is 0 Å². The third-order valence-corrected chi connectivity index (χ3v) is 27.2. The molecule has 4 saturated heterocycles. The van der Waals surface area contributed by atoms with E-state index < -0.39 is 18.3 Å². The fourth-order valence-corrected chi connectivity index (χ4v) is 19.8. The number of nitrogens with one attached hydrogen (secondary N) is 1. The van der Waals surface area contributed by atoms with E-state index in [9.17, 15) is 20.1 Å². The Kier molecular flexibility index (Phi) is 43.7. The summed E-state index contributed by atoms with van der Waals surface area (Å²) in [5, 5.41) is 53.9. The average Bonchev–Trinajstić information content (AvgIpc) is 1.45. The Morgan fingerprint density at radius 2 is 0.722 bits per heavy atom. The minimum Gasteiger partial charge on any atom is -0.693 e. The fourth-order valence-electron chi connectivity index (χ4n) is 19.8. The molecule has 18 nitrogen and oxygen atoms in total. The molecule has 0 amide bonds. The number of rotatable bonds is 12. The summed E-state index contributed by atoms with van der Waals surface area (Å²) in [4.78, 5) is 15.6. The maximum absolute atomic E-state index is 11.4. The summed E-state index contributed by atoms with van der Waals surface area (Å²) in [6.45, 7) is 3.98. The molecule has 14 aliphatic rings. The van der Waals surface area contributed by atoms with Gasteiger partial charge in [-0.15, -0.1) is 23.2 Å². The zero-order valence-electron chi connectivity index (χ0n) is 78.0. The topological polar surface area (TPSA) is 254 Å². The van der Waals surface area contributed by atoms with Gasteiger partial charge in [0.05, 0.1) is 105 Å². The number of epoxide rings is 3. The van der Waals surface area contributed by atoms with Crippen LogP contribution in [-0.4, -0.2) is 155 Å². The zero-order chi connectivity index (χ0) is 90.7. The van der Waals surface area contributed by atoms with Crippen molar-refractivity contribution in [1.82, 2.24) is 0 Å². The number of nitrogens with two attached hydrogens (primary N) is 1. The van der Waals surface area contributed by atoms with Crippen LogP contribution in [0.4, 0.5) is 34.1 Å². The van der Waals surface area contributed by atoms with Crippen LogP contribution in [0.5, 0.6) is 0 Å². The third kappa shape index (κ3) is 31.5. The summed E-state index contributed by atoms with van der Waals surface area (Å²) in [5.41, 5.74) is 19.1. The molecule has 23 rings (SSSR count). The van der Waals surface area contributed by atoms with E-state index in [1.165, 1.54) is 131 Å². The van der Waals surface area contributed by atoms with Crippen LogP contribution in [0.3, 0.4) is 0 Å². The van der Waals surface area contributed by atoms with Gasteiger partial charge < -0.3 is 84.7 Å². The molecule has 9 fully saturated rings. The molecule has 7 aliphatic carbocycles. The number of methoxy groups -OCH3 is 1. The van der Waals surface area contributed by atoms with Gasteiger partial charge in [0.15, 0.2) is 0 Å². The van der Waals surface area contributed by atoms with Gasteiger partial charge in [0.1, 0.15) is 30.5 Å². The number of allylic oxidation sites excluding steroid dienone is 2. The van der Waals surface area contributed by atoms with Crippen molar-refractivity contribution in [3.05, 3.63) is 317 Å². The molecule has 0 spiro atoms. The van der Waals surface area contributed by atoms with Gasteiger partial charge in [-0.3, -0.25) is 4.79 Å². The second-order valence-electron chi connectivity index (χ2n) is 36.4. The SMILES string of the molecule is C1CCOC1.COC(=O)C1C=CCCC1.ClCCl.OC1C=CCCC1.O[C@H]1CCC[C@H]2O[C@@H]12.O[C@H]1[C@@H](O)CCC[C@@H]1N1c2ccccc2CCc2ccccc21.O[C@H]1[C@@H](OCc2ccccc2)CCC[C@@H]1N1c2ccccc2CCc2ccccc21.[NH2-].[Na+].c1ccc(COC2CCC[C@H]3O[C@@H]23)cc1.c1ccc(CO[C@H]2CCC[C@H]3O[C@@H]23)cc1.c1ccc2c(c1)CCc1ccccc1N2. The van der Waals surface area contributed by atoms with E-state index in [4.69, 9.17) is 66.6 Å². The normalized spacial score (nSPS) is 26.7. The quantitative estimate of drug-likeness (QED) is 0.0219. The number of hydrogen-bond donors (Lipinski definition) is 6. The summed E-state index contributed by atoms with van der Waals surface area (Å²) < 4.78 is 43.8. The molecule has 0 radical (unpaired) electrons. The van der Waals surface area contributed by atoms with Crippen LogP contribution < -0.4 is 44.7 Å². The first-order valence-corrected chi connectivity index (χ1v) is 49.7. The van der Waals surface area contributed by atoms with Crippen LogP contribution in [-0.2, 0) is 101 Å². The number of fused-ring (bicyclic) bond motifs is 9. The molecule has 3 unspecified atom stereocenters. The second kappa shape index (κ2) is 55.7. The van der Waals surface area contributed by atoms with Crippen molar-refractivity contribution in [2.24, 2.45) is 5.92 Å². The smallest absolute Gasteiger partial charge is 0.693 e. The number of nitrogens with zero attached hydrogens (tertiary/aromatic N) is 2. The predicted molar refractivity (Wildman–Crippen MR) is 530 cm³/mol. The summed E-state index contributed by atoms with van der Waals surface area (Å²) in [7, 11) is 1.44. The van der Waals surface area contributed by atoms with Gasteiger partial charge in [-0.25, -0.2) is 0 Å². The predicted octanol–water partition coefficient (Wildman–Crippen LogP) is 20.0. The van der Waals surface area contributed by atoms with Crippen LogP contribution in [0.2, 0.25) is 0 Å². The molecule has 5 saturated carbocycles. The van der Waals surface area contributed by atoms with Gasteiger partial charge >= 0.3 is 35.5 Å². The van der Waals surface area contributed by atoms with Crippen molar-refractivity contribution in [2.45, 2.75) is 304 Å². The minimum atomic E-state index is -0.706. The average molecular weight is 1860 g/mol. The number of hydrogen-bond acceptors (Lipinski definition) is 17. The molecule has 708 valence electrons. The molecule has 9 aromatic rings. The Labute approximate surface area is 822 Å². The summed E-state index contributed by atoms with van der Waals surface area (Å²) >= 11 is 9.53. The van der Waals surface area contributed by atoms with Crippen molar-refractivity contribution < 1.29 is 97.8 Å². The summed E-state index contributed by atoms with van der Waals surface area (Å²) in [6.07, 6.45) is 40.1. The number of halogens is 2. The summed E-state index contributed by atoms with van der Waals surface area (Å²) in [5.74, 6) is -0.0744. The van der Waals surface area contributed by atoms with E-state index in [0.717, 1.165) is 167 Å². The first-order chi connectivity index (χ1) is 64.4. The van der Waals surface area contributed by atoms with Gasteiger partial charge in [0.2, 0.25) is 0 Å². The number of para-hydroxylation sites is 6. The number of aryl methyl sites for hydroxylation is 6. The molecule has 17 atom stereocenters. The van der Waals surface area contributed by atoms with E-state index in [1.807, 2.05) is 54.6 Å². The van der Waals surface area contributed by atoms with Gasteiger partial charge in [-0.05, 0) is 273 Å². The Morgan fingerprint density at radius 3 is 1.11 bits per heavy atom. The number of anilines is 6. The number of carbonyl (C=O) groups is 1. The van der Waals surface area contributed by atoms with E-state index in [0.29, 0.717) is 55.8 Å². The van der Waals surface area contributed by atoms with E-state index in [1.54, 1.807) is 0 Å². The fraction of sp³-hybridized carbons (Fsp3) is 0.473. The molecule has 9 aromatic carbocycles. The van der Waals surface area contributed by atoms with Crippen LogP contribution >= 0.6 is 23.2 Å². The van der Waals surface area contributed by atoms with E-state index in [-0.39, 0.29) is 89.4 Å². The maximum Gasteiger partial charge on any atom is 1.00 e. The second-order valence-corrected chi connectivity index (χ2v) is 37.2. The Balaban J connectivity index is 0.000000140. The standard InChI is InChI=1S/C27H29NO2.C20H23NO2.C14H13N.2C13H16O2.C8H12O2.C6H10O2.C6H10O.C4H8O.CH2Cl2.H2N.Na/c29-27-25(15-8-16-26(27)30-19-20-9-2-1-3-10-20)28-23-13-6-4-11-21(23)17-18-22-12-5-7-14-24(22)28;22-19-11-5-10-18(20(19)23)21-16-8-3-1-6-14(16)12-13-15-7-2-4-9-17(15)21;1-3-7-13-11(5-1)9-10-12-6-2-4-8-14(12)15-13;2*1-2-5-10(6-3-1)9-14-11-7-4-8-12-13(11)15-12;1-10-8(9)7-5-3-2-4-6-7;7-4-2-1-3-5-6(4)8-5;7-6-4-2-1-3-5-6;1-2-4-5-3-1;2-1-3;;/h1-7,9-14,25-27,29H,8,15-19H2;1-4,6-9,18-20,22-23H,5,10-13H2;1-8,15H,9-10H2;2*1-3,5-6,11-13H,4,7-9H2;3,5,7H,2,4,6H2,1H3;4-7H,1-3H2;2,4,6-7H,1,3,5H2;1-4H2;1H2;1H2;/q;;;;;;;;;;-1;+1/t25-,26-,27+;18-,19-,20+;;11?,12-,13+;11-,12+,13-;;4-,5+,6-;;;;;/m00.10.0...../s1.